The molecule has 0 aromatic carbocycles. The van der Waals surface area contributed by atoms with Gasteiger partial charge in [-0.25, -0.2) is 0 Å². The van der Waals surface area contributed by atoms with E-state index in [1.165, 1.54) is 0 Å². The Labute approximate surface area is 77.1 Å². The van der Waals surface area contributed by atoms with Gasteiger partial charge in [0.05, 0.1) is 0 Å². The van der Waals surface area contributed by atoms with E-state index >= 15 is 0 Å². The second-order valence-electron chi connectivity index (χ2n) is 1.55. The topological polar surface area (TPSA) is 82.0 Å². The van der Waals surface area contributed by atoms with Gasteiger partial charge in [-0.1, -0.05) is 12.1 Å². The molecule has 5 nitrogen and oxygen atoms in total. The van der Waals surface area contributed by atoms with Crippen LogP contribution in [-0.4, -0.2) is 17.8 Å². The van der Waals surface area contributed by atoms with Gasteiger partial charge < -0.3 is 19.2 Å². The Morgan fingerprint density at radius 2 is 2.27 bits per heavy atom. The molecule has 0 rings (SSSR count). The second kappa shape index (κ2) is 5.82. The van der Waals surface area contributed by atoms with E-state index in [9.17, 15) is 9.46 Å². The van der Waals surface area contributed by atoms with Crippen LogP contribution in [0.25, 0.3) is 0 Å². The Morgan fingerprint density at radius 1 is 1.82 bits per heavy atom. The maximum absolute atomic E-state index is 10.7. The molecule has 0 aliphatic carbocycles. The molecular formula is C4H9LiNO4P. The summed E-state index contributed by atoms with van der Waals surface area (Å²) in [5, 5.41) is 10.7. The van der Waals surface area contributed by atoms with E-state index in [0.717, 1.165) is 7.11 Å². The summed E-state index contributed by atoms with van der Waals surface area (Å²) >= 11 is 0. The molecule has 7 heteroatoms. The van der Waals surface area contributed by atoms with Gasteiger partial charge in [-0.2, -0.15) is 0 Å². The van der Waals surface area contributed by atoms with E-state index in [-0.39, 0.29) is 30.7 Å². The summed E-state index contributed by atoms with van der Waals surface area (Å²) in [7, 11) is -3.01. The fourth-order valence-corrected chi connectivity index (χ4v) is 1.13. The van der Waals surface area contributed by atoms with Crippen molar-refractivity contribution in [1.29, 1.82) is 0 Å². The molecular weight excluding hydrogens is 164 g/mol. The van der Waals surface area contributed by atoms with Gasteiger partial charge in [0.25, 0.3) is 0 Å². The Kier molecular flexibility index (Phi) is 7.29. The van der Waals surface area contributed by atoms with Gasteiger partial charge in [0.1, 0.15) is 5.45 Å². The van der Waals surface area contributed by atoms with Crippen molar-refractivity contribution in [2.75, 3.05) is 7.11 Å². The molecule has 0 saturated carbocycles. The van der Waals surface area contributed by atoms with Crippen LogP contribution < -0.4 is 23.8 Å². The van der Waals surface area contributed by atoms with Crippen LogP contribution in [0.4, 0.5) is 0 Å². The van der Waals surface area contributed by atoms with E-state index < -0.39 is 7.60 Å². The quantitative estimate of drug-likeness (QED) is 0.166. The Bertz CT molecular complexity index is 183. The average molecular weight is 173 g/mol. The van der Waals surface area contributed by atoms with E-state index in [0.29, 0.717) is 0 Å². The van der Waals surface area contributed by atoms with Crippen LogP contribution in [0, 0.1) is 0 Å². The first-order chi connectivity index (χ1) is 4.58. The van der Waals surface area contributed by atoms with Gasteiger partial charge in [0, 0.05) is 7.11 Å². The van der Waals surface area contributed by atoms with Crippen LogP contribution in [0.5, 0.6) is 0 Å². The third-order valence-electron chi connectivity index (χ3n) is 0.988. The molecule has 0 aliphatic rings. The van der Waals surface area contributed by atoms with Crippen molar-refractivity contribution < 1.29 is 38.1 Å². The molecule has 1 atom stereocenters. The third kappa shape index (κ3) is 3.95. The Balaban J connectivity index is 0. The third-order valence-corrected chi connectivity index (χ3v) is 2.51. The van der Waals surface area contributed by atoms with Crippen molar-refractivity contribution in [3.05, 3.63) is 0 Å². The van der Waals surface area contributed by atoms with Crippen molar-refractivity contribution in [2.45, 2.75) is 13.3 Å². The Morgan fingerprint density at radius 3 is 2.36 bits per heavy atom. The van der Waals surface area contributed by atoms with Crippen molar-refractivity contribution in [3.8, 4) is 0 Å². The molecule has 0 aromatic heterocycles. The predicted molar refractivity (Wildman–Crippen MR) is 34.1 cm³/mol. The van der Waals surface area contributed by atoms with Gasteiger partial charge in [-0.3, -0.25) is 0 Å². The number of rotatable bonds is 3. The summed E-state index contributed by atoms with van der Waals surface area (Å²) in [6.45, 7) is 1.55. The first-order valence-corrected chi connectivity index (χ1v) is 4.21. The summed E-state index contributed by atoms with van der Waals surface area (Å²) < 4.78 is 14.8. The zero-order valence-corrected chi connectivity index (χ0v) is 7.67. The second-order valence-corrected chi connectivity index (χ2v) is 3.43. The molecule has 0 aliphatic heterocycles. The fraction of sp³-hybridized carbons (Fsp3) is 0.750. The molecule has 0 fully saturated rings. The molecule has 0 aromatic rings. The average Bonchev–Trinajstić information content (AvgIpc) is 1.90. The Hall–Kier alpha value is 0.217. The SMILES string of the molecule is CC/C(=N/O)P(=O)([O-])OC.[Li+]. The number of oxime groups is 1. The van der Waals surface area contributed by atoms with Crippen LogP contribution in [0.1, 0.15) is 13.3 Å². The van der Waals surface area contributed by atoms with Gasteiger partial charge >= 0.3 is 18.9 Å². The van der Waals surface area contributed by atoms with E-state index in [1.54, 1.807) is 6.92 Å². The minimum atomic E-state index is -4.03. The maximum Gasteiger partial charge on any atom is 1.00 e. The summed E-state index contributed by atoms with van der Waals surface area (Å²) in [5.74, 6) is 0. The number of hydrogen-bond acceptors (Lipinski definition) is 5. The summed E-state index contributed by atoms with van der Waals surface area (Å²) in [6, 6.07) is 0. The normalized spacial score (nSPS) is 16.8. The van der Waals surface area contributed by atoms with Crippen molar-refractivity contribution >= 4 is 13.0 Å². The molecule has 0 bridgehead atoms. The van der Waals surface area contributed by atoms with Gasteiger partial charge in [-0.15, -0.1) is 0 Å². The van der Waals surface area contributed by atoms with E-state index in [4.69, 9.17) is 5.21 Å². The van der Waals surface area contributed by atoms with E-state index in [2.05, 4.69) is 9.68 Å². The largest absolute Gasteiger partial charge is 1.00 e. The fourth-order valence-electron chi connectivity index (χ4n) is 0.425. The minimum absolute atomic E-state index is 0. The molecule has 1 N–H and O–H groups in total. The van der Waals surface area contributed by atoms with Gasteiger partial charge in [-0.05, 0) is 6.42 Å². The molecule has 0 spiro atoms. The zero-order chi connectivity index (χ0) is 8.20. The van der Waals surface area contributed by atoms with Crippen LogP contribution in [0.2, 0.25) is 0 Å². The monoisotopic (exact) mass is 173 g/mol. The number of hydrogen-bond donors (Lipinski definition) is 1. The summed E-state index contributed by atoms with van der Waals surface area (Å²) in [4.78, 5) is 10.7. The molecule has 0 saturated heterocycles. The van der Waals surface area contributed by atoms with Gasteiger partial charge in [0.15, 0.2) is 7.60 Å². The molecule has 0 radical (unpaired) electrons. The van der Waals surface area contributed by atoms with Crippen LogP contribution in [0.3, 0.4) is 0 Å². The summed E-state index contributed by atoms with van der Waals surface area (Å²) in [6.07, 6.45) is 0.130. The van der Waals surface area contributed by atoms with Crippen LogP contribution >= 0.6 is 7.60 Å². The first-order valence-electron chi connectivity index (χ1n) is 2.66. The van der Waals surface area contributed by atoms with Crippen molar-refractivity contribution in [3.63, 3.8) is 0 Å². The van der Waals surface area contributed by atoms with E-state index in [1.807, 2.05) is 0 Å². The van der Waals surface area contributed by atoms with Crippen LogP contribution in [0.15, 0.2) is 5.16 Å². The number of nitrogens with zero attached hydrogens (tertiary/aromatic N) is 1. The van der Waals surface area contributed by atoms with Gasteiger partial charge in [0.2, 0.25) is 0 Å². The first kappa shape index (κ1) is 13.8. The molecule has 0 heterocycles. The standard InChI is InChI=1S/C4H10NO4P.Li/c1-3-4(5-6)10(7,8)9-2;/h6H,3H2,1-2H3,(H,7,8);/q;+1/p-1/b5-4-;. The maximum atomic E-state index is 10.7. The molecule has 1 unspecified atom stereocenters. The molecule has 60 valence electrons. The smallest absolute Gasteiger partial charge is 0.774 e. The van der Waals surface area contributed by atoms with Crippen LogP contribution in [-0.2, 0) is 9.09 Å². The molecule has 11 heavy (non-hydrogen) atoms. The predicted octanol–water partition coefficient (Wildman–Crippen LogP) is -2.61. The van der Waals surface area contributed by atoms with Crippen molar-refractivity contribution in [2.24, 2.45) is 5.16 Å². The minimum Gasteiger partial charge on any atom is -0.774 e. The summed E-state index contributed by atoms with van der Waals surface area (Å²) in [5.41, 5.74) is -0.338. The zero-order valence-electron chi connectivity index (χ0n) is 6.77. The molecule has 0 amide bonds. The van der Waals surface area contributed by atoms with Crippen molar-refractivity contribution in [1.82, 2.24) is 0 Å².